The van der Waals surface area contributed by atoms with Gasteiger partial charge in [-0.25, -0.2) is 19.3 Å². The number of amides is 1. The van der Waals surface area contributed by atoms with E-state index < -0.39 is 11.7 Å². The van der Waals surface area contributed by atoms with Gasteiger partial charge in [-0.2, -0.15) is 0 Å². The maximum Gasteiger partial charge on any atom is 0.258 e. The normalized spacial score (nSPS) is 10.7. The predicted octanol–water partition coefficient (Wildman–Crippen LogP) is 2.60. The number of anilines is 1. The average molecular weight is 408 g/mol. The van der Waals surface area contributed by atoms with Crippen LogP contribution in [0.2, 0.25) is 0 Å². The van der Waals surface area contributed by atoms with Gasteiger partial charge in [-0.05, 0) is 24.3 Å². The fraction of sp³-hybridized carbons (Fsp3) is 0.0526. The first-order valence-electron chi connectivity index (χ1n) is 8.44. The Hall–Kier alpha value is -3.79. The van der Waals surface area contributed by atoms with Crippen molar-refractivity contribution >= 4 is 22.4 Å². The molecule has 144 valence electrons. The van der Waals surface area contributed by atoms with Crippen molar-refractivity contribution in [3.8, 4) is 11.4 Å². The Morgan fingerprint density at radius 2 is 1.93 bits per heavy atom. The first-order valence-corrected chi connectivity index (χ1v) is 9.31. The van der Waals surface area contributed by atoms with E-state index in [1.807, 2.05) is 0 Å². The van der Waals surface area contributed by atoms with Gasteiger partial charge in [0, 0.05) is 30.0 Å². The average Bonchev–Trinajstić information content (AvgIpc) is 3.19. The number of halogens is 1. The van der Waals surface area contributed by atoms with E-state index in [2.05, 4.69) is 25.3 Å². The van der Waals surface area contributed by atoms with Gasteiger partial charge in [0.25, 0.3) is 11.5 Å². The Kier molecular flexibility index (Phi) is 5.16. The van der Waals surface area contributed by atoms with E-state index in [1.54, 1.807) is 23.8 Å². The van der Waals surface area contributed by atoms with Gasteiger partial charge in [0.1, 0.15) is 17.3 Å². The summed E-state index contributed by atoms with van der Waals surface area (Å²) in [5.74, 6) is -0.391. The number of carbonyl (C=O) groups excluding carboxylic acids is 1. The first-order chi connectivity index (χ1) is 14.1. The molecular formula is C19H13FN6O2S. The van der Waals surface area contributed by atoms with Gasteiger partial charge in [-0.15, -0.1) is 11.3 Å². The van der Waals surface area contributed by atoms with Crippen LogP contribution >= 0.6 is 11.3 Å². The van der Waals surface area contributed by atoms with E-state index in [0.717, 1.165) is 6.20 Å². The zero-order chi connectivity index (χ0) is 20.2. The van der Waals surface area contributed by atoms with Crippen molar-refractivity contribution in [2.24, 2.45) is 0 Å². The molecule has 4 heterocycles. The van der Waals surface area contributed by atoms with Gasteiger partial charge in [-0.1, -0.05) is 0 Å². The minimum Gasteiger partial charge on any atom is -0.307 e. The summed E-state index contributed by atoms with van der Waals surface area (Å²) in [6.45, 7) is 0.151. The number of hydrogen-bond acceptors (Lipinski definition) is 7. The molecule has 0 aliphatic rings. The molecule has 0 spiro atoms. The molecule has 0 aliphatic heterocycles. The summed E-state index contributed by atoms with van der Waals surface area (Å²) in [5, 5.41) is 4.76. The molecule has 0 saturated heterocycles. The molecular weight excluding hydrogens is 395 g/mol. The van der Waals surface area contributed by atoms with Crippen LogP contribution < -0.4 is 10.9 Å². The van der Waals surface area contributed by atoms with Gasteiger partial charge in [0.05, 0.1) is 24.0 Å². The number of pyridine rings is 2. The van der Waals surface area contributed by atoms with Crippen LogP contribution in [0.4, 0.5) is 9.52 Å². The van der Waals surface area contributed by atoms with Crippen molar-refractivity contribution < 1.29 is 9.18 Å². The maximum atomic E-state index is 13.0. The molecule has 0 atom stereocenters. The quantitative estimate of drug-likeness (QED) is 0.545. The fourth-order valence-corrected chi connectivity index (χ4v) is 3.20. The molecule has 0 aromatic carbocycles. The molecule has 10 heteroatoms. The van der Waals surface area contributed by atoms with Crippen molar-refractivity contribution in [1.29, 1.82) is 0 Å². The summed E-state index contributed by atoms with van der Waals surface area (Å²) in [7, 11) is 0. The lowest BCUT2D eigenvalue weighted by atomic mass is 10.2. The van der Waals surface area contributed by atoms with E-state index in [9.17, 15) is 14.0 Å². The van der Waals surface area contributed by atoms with E-state index in [0.29, 0.717) is 22.3 Å². The van der Waals surface area contributed by atoms with Crippen LogP contribution in [0.1, 0.15) is 16.2 Å². The standard InChI is InChI=1S/C19H13FN6O2S/c20-13-3-4-14(23-8-13)15-11-29-19(24-15)25-18(28)12-2-5-17(27)26(9-12)10-16-21-6-1-7-22-16/h1-9,11H,10H2,(H,24,25,28). The highest BCUT2D eigenvalue weighted by Crippen LogP contribution is 2.23. The molecule has 4 rings (SSSR count). The number of carbonyl (C=O) groups is 1. The molecule has 1 amide bonds. The highest BCUT2D eigenvalue weighted by atomic mass is 32.1. The molecule has 0 saturated carbocycles. The predicted molar refractivity (Wildman–Crippen MR) is 105 cm³/mol. The molecule has 0 fully saturated rings. The molecule has 4 aromatic heterocycles. The summed E-state index contributed by atoms with van der Waals surface area (Å²) >= 11 is 1.22. The number of nitrogens with one attached hydrogen (secondary N) is 1. The number of rotatable bonds is 5. The number of hydrogen-bond donors (Lipinski definition) is 1. The van der Waals surface area contributed by atoms with E-state index in [1.165, 1.54) is 46.4 Å². The number of aromatic nitrogens is 5. The van der Waals surface area contributed by atoms with Crippen LogP contribution in [0.5, 0.6) is 0 Å². The second-order valence-electron chi connectivity index (χ2n) is 5.90. The zero-order valence-corrected chi connectivity index (χ0v) is 15.6. The topological polar surface area (TPSA) is 103 Å². The smallest absolute Gasteiger partial charge is 0.258 e. The highest BCUT2D eigenvalue weighted by molar-refractivity contribution is 7.14. The van der Waals surface area contributed by atoms with Crippen molar-refractivity contribution in [2.45, 2.75) is 6.54 Å². The summed E-state index contributed by atoms with van der Waals surface area (Å²) in [5.41, 5.74) is 1.04. The Morgan fingerprint density at radius 3 is 2.69 bits per heavy atom. The minimum atomic E-state index is -0.437. The summed E-state index contributed by atoms with van der Waals surface area (Å²) in [6, 6.07) is 7.24. The Labute approximate surface area is 167 Å². The van der Waals surface area contributed by atoms with E-state index >= 15 is 0 Å². The van der Waals surface area contributed by atoms with Crippen LogP contribution in [-0.2, 0) is 6.54 Å². The summed E-state index contributed by atoms with van der Waals surface area (Å²) < 4.78 is 14.4. The van der Waals surface area contributed by atoms with Gasteiger partial charge < -0.3 is 4.57 Å². The fourth-order valence-electron chi connectivity index (χ4n) is 2.50. The van der Waals surface area contributed by atoms with Gasteiger partial charge in [0.2, 0.25) is 0 Å². The Bertz CT molecular complexity index is 1210. The second kappa shape index (κ2) is 8.07. The molecule has 1 N–H and O–H groups in total. The lowest BCUT2D eigenvalue weighted by molar-refractivity contribution is 0.102. The van der Waals surface area contributed by atoms with E-state index in [4.69, 9.17) is 0 Å². The molecule has 0 unspecified atom stereocenters. The molecule has 4 aromatic rings. The first kappa shape index (κ1) is 18.6. The molecule has 8 nitrogen and oxygen atoms in total. The van der Waals surface area contributed by atoms with Crippen LogP contribution in [0.25, 0.3) is 11.4 Å². The lowest BCUT2D eigenvalue weighted by Crippen LogP contribution is -2.23. The molecule has 0 radical (unpaired) electrons. The van der Waals surface area contributed by atoms with Crippen LogP contribution in [-0.4, -0.2) is 30.4 Å². The Morgan fingerprint density at radius 1 is 1.10 bits per heavy atom. The largest absolute Gasteiger partial charge is 0.307 e. The molecule has 0 aliphatic carbocycles. The van der Waals surface area contributed by atoms with Crippen LogP contribution in [0.3, 0.4) is 0 Å². The van der Waals surface area contributed by atoms with Crippen LogP contribution in [0, 0.1) is 5.82 Å². The van der Waals surface area contributed by atoms with Gasteiger partial charge >= 0.3 is 0 Å². The minimum absolute atomic E-state index is 0.151. The second-order valence-corrected chi connectivity index (χ2v) is 6.76. The third-order valence-corrected chi connectivity index (χ3v) is 4.65. The van der Waals surface area contributed by atoms with Crippen molar-refractivity contribution in [1.82, 2.24) is 24.5 Å². The highest BCUT2D eigenvalue weighted by Gasteiger charge is 2.12. The van der Waals surface area contributed by atoms with E-state index in [-0.39, 0.29) is 17.7 Å². The van der Waals surface area contributed by atoms with Crippen LogP contribution in [0.15, 0.2) is 65.3 Å². The third-order valence-electron chi connectivity index (χ3n) is 3.89. The van der Waals surface area contributed by atoms with Crippen molar-refractivity contribution in [3.05, 3.63) is 88.1 Å². The number of nitrogens with zero attached hydrogens (tertiary/aromatic N) is 5. The Balaban J connectivity index is 1.51. The zero-order valence-electron chi connectivity index (χ0n) is 14.8. The van der Waals surface area contributed by atoms with Crippen molar-refractivity contribution in [2.75, 3.05) is 5.32 Å². The summed E-state index contributed by atoms with van der Waals surface area (Å²) in [4.78, 5) is 41.1. The molecule has 29 heavy (non-hydrogen) atoms. The molecule has 0 bridgehead atoms. The lowest BCUT2D eigenvalue weighted by Gasteiger charge is -2.07. The number of thiazole rings is 1. The van der Waals surface area contributed by atoms with Gasteiger partial charge in [0.15, 0.2) is 5.13 Å². The van der Waals surface area contributed by atoms with Crippen molar-refractivity contribution in [3.63, 3.8) is 0 Å². The SMILES string of the molecule is O=C(Nc1nc(-c2ccc(F)cn2)cs1)c1ccc(=O)n(Cc2ncccn2)c1. The summed E-state index contributed by atoms with van der Waals surface area (Å²) in [6.07, 6.45) is 5.72. The maximum absolute atomic E-state index is 13.0. The van der Waals surface area contributed by atoms with Gasteiger partial charge in [-0.3, -0.25) is 19.9 Å². The third kappa shape index (κ3) is 4.38. The monoisotopic (exact) mass is 408 g/mol.